The fourth-order valence-electron chi connectivity index (χ4n) is 3.53. The smallest absolute Gasteiger partial charge is 0.137 e. The summed E-state index contributed by atoms with van der Waals surface area (Å²) in [6.07, 6.45) is 5.43. The second-order valence-corrected chi connectivity index (χ2v) is 5.63. The molecule has 1 aromatic carbocycles. The Bertz CT molecular complexity index is 414. The van der Waals surface area contributed by atoms with Gasteiger partial charge in [0.05, 0.1) is 0 Å². The molecule has 2 heteroatoms. The summed E-state index contributed by atoms with van der Waals surface area (Å²) in [7, 11) is 0. The fraction of sp³-hybridized carbons (Fsp3) is 0.562. The molecule has 2 aliphatic rings. The number of hydrogen-bond donors (Lipinski definition) is 0. The summed E-state index contributed by atoms with van der Waals surface area (Å²) >= 11 is 0. The molecule has 0 radical (unpaired) electrons. The lowest BCUT2D eigenvalue weighted by molar-refractivity contribution is -0.123. The van der Waals surface area contributed by atoms with E-state index in [4.69, 9.17) is 0 Å². The number of hydrogen-bond acceptors (Lipinski definition) is 2. The topological polar surface area (TPSA) is 20.3 Å². The van der Waals surface area contributed by atoms with Gasteiger partial charge in [0, 0.05) is 24.9 Å². The van der Waals surface area contributed by atoms with Gasteiger partial charge >= 0.3 is 0 Å². The van der Waals surface area contributed by atoms with Gasteiger partial charge in [0.25, 0.3) is 0 Å². The second kappa shape index (κ2) is 5.23. The molecule has 0 N–H and O–H groups in total. The van der Waals surface area contributed by atoms with Crippen LogP contribution in [0.4, 0.5) is 0 Å². The number of nitrogens with zero attached hydrogens (tertiary/aromatic N) is 1. The summed E-state index contributed by atoms with van der Waals surface area (Å²) in [5.74, 6) is 0.851. The highest BCUT2D eigenvalue weighted by Gasteiger charge is 2.38. The SMILES string of the molecule is O=C1CCCC[C@@H]2[C@H]1CCN2Cc1ccccc1. The van der Waals surface area contributed by atoms with Gasteiger partial charge in [-0.3, -0.25) is 9.69 Å². The summed E-state index contributed by atoms with van der Waals surface area (Å²) < 4.78 is 0. The van der Waals surface area contributed by atoms with Crippen LogP contribution in [0.3, 0.4) is 0 Å². The van der Waals surface area contributed by atoms with E-state index in [1.54, 1.807) is 0 Å². The maximum absolute atomic E-state index is 12.1. The van der Waals surface area contributed by atoms with Crippen LogP contribution in [0.2, 0.25) is 0 Å². The number of ketones is 1. The van der Waals surface area contributed by atoms with Crippen LogP contribution in [0.5, 0.6) is 0 Å². The Kier molecular flexibility index (Phi) is 3.46. The third kappa shape index (κ3) is 2.35. The zero-order valence-corrected chi connectivity index (χ0v) is 10.8. The van der Waals surface area contributed by atoms with E-state index in [0.717, 1.165) is 32.4 Å². The highest BCUT2D eigenvalue weighted by atomic mass is 16.1. The number of likely N-dealkylation sites (tertiary alicyclic amines) is 1. The van der Waals surface area contributed by atoms with Crippen molar-refractivity contribution in [3.63, 3.8) is 0 Å². The number of carbonyl (C=O) groups excluding carboxylic acids is 1. The first-order chi connectivity index (χ1) is 8.84. The van der Waals surface area contributed by atoms with Crippen molar-refractivity contribution in [3.05, 3.63) is 35.9 Å². The van der Waals surface area contributed by atoms with Crippen molar-refractivity contribution in [2.24, 2.45) is 5.92 Å². The van der Waals surface area contributed by atoms with Crippen LogP contribution in [-0.4, -0.2) is 23.3 Å². The number of carbonyl (C=O) groups is 1. The quantitative estimate of drug-likeness (QED) is 0.796. The van der Waals surface area contributed by atoms with Crippen LogP contribution >= 0.6 is 0 Å². The standard InChI is InChI=1S/C16H21NO/c18-16-9-5-4-8-15-14(16)10-11-17(15)12-13-6-2-1-3-7-13/h1-3,6-7,14-15H,4-5,8-12H2/t14-,15-/m1/s1. The fourth-order valence-corrected chi connectivity index (χ4v) is 3.53. The van der Waals surface area contributed by atoms with Crippen LogP contribution in [0.1, 0.15) is 37.7 Å². The summed E-state index contributed by atoms with van der Waals surface area (Å²) in [6, 6.07) is 11.1. The monoisotopic (exact) mass is 243 g/mol. The molecule has 0 amide bonds. The Morgan fingerprint density at radius 2 is 1.94 bits per heavy atom. The van der Waals surface area contributed by atoms with Gasteiger partial charge in [0.1, 0.15) is 5.78 Å². The molecular formula is C16H21NO. The van der Waals surface area contributed by atoms with Crippen LogP contribution < -0.4 is 0 Å². The van der Waals surface area contributed by atoms with Gasteiger partial charge in [-0.2, -0.15) is 0 Å². The van der Waals surface area contributed by atoms with Gasteiger partial charge in [0.2, 0.25) is 0 Å². The molecule has 3 rings (SSSR count). The molecule has 18 heavy (non-hydrogen) atoms. The highest BCUT2D eigenvalue weighted by Crippen LogP contribution is 2.33. The van der Waals surface area contributed by atoms with Crippen LogP contribution in [0, 0.1) is 5.92 Å². The van der Waals surface area contributed by atoms with E-state index in [0.29, 0.717) is 17.7 Å². The van der Waals surface area contributed by atoms with E-state index < -0.39 is 0 Å². The number of fused-ring (bicyclic) bond motifs is 1. The number of Topliss-reactive ketones (excluding diaryl/α,β-unsaturated/α-hetero) is 1. The van der Waals surface area contributed by atoms with Crippen molar-refractivity contribution in [3.8, 4) is 0 Å². The third-order valence-corrected chi connectivity index (χ3v) is 4.48. The first-order valence-corrected chi connectivity index (χ1v) is 7.15. The summed E-state index contributed by atoms with van der Waals surface area (Å²) in [5.41, 5.74) is 1.37. The highest BCUT2D eigenvalue weighted by molar-refractivity contribution is 5.82. The Labute approximate surface area is 109 Å². The lowest BCUT2D eigenvalue weighted by atomic mass is 9.94. The lowest BCUT2D eigenvalue weighted by Crippen LogP contribution is -2.34. The molecule has 1 saturated carbocycles. The molecule has 96 valence electrons. The molecule has 0 aromatic heterocycles. The Morgan fingerprint density at radius 1 is 1.11 bits per heavy atom. The van der Waals surface area contributed by atoms with Gasteiger partial charge in [0.15, 0.2) is 0 Å². The van der Waals surface area contributed by atoms with Crippen molar-refractivity contribution in [2.45, 2.75) is 44.7 Å². The van der Waals surface area contributed by atoms with Crippen LogP contribution in [0.25, 0.3) is 0 Å². The van der Waals surface area contributed by atoms with Crippen molar-refractivity contribution in [1.29, 1.82) is 0 Å². The molecule has 1 saturated heterocycles. The van der Waals surface area contributed by atoms with E-state index in [1.807, 2.05) is 0 Å². The first kappa shape index (κ1) is 11.9. The van der Waals surface area contributed by atoms with Crippen molar-refractivity contribution in [2.75, 3.05) is 6.54 Å². The van der Waals surface area contributed by atoms with Gasteiger partial charge < -0.3 is 0 Å². The minimum absolute atomic E-state index is 0.330. The molecule has 2 fully saturated rings. The maximum atomic E-state index is 12.1. The van der Waals surface area contributed by atoms with Gasteiger partial charge in [-0.25, -0.2) is 0 Å². The zero-order chi connectivity index (χ0) is 12.4. The molecule has 1 aliphatic carbocycles. The van der Waals surface area contributed by atoms with Crippen molar-refractivity contribution in [1.82, 2.24) is 4.90 Å². The van der Waals surface area contributed by atoms with E-state index >= 15 is 0 Å². The molecule has 2 atom stereocenters. The molecule has 0 bridgehead atoms. The van der Waals surface area contributed by atoms with E-state index in [9.17, 15) is 4.79 Å². The minimum atomic E-state index is 0.330. The van der Waals surface area contributed by atoms with E-state index in [-0.39, 0.29) is 0 Å². The molecule has 0 spiro atoms. The second-order valence-electron chi connectivity index (χ2n) is 5.63. The Hall–Kier alpha value is -1.15. The van der Waals surface area contributed by atoms with Crippen LogP contribution in [0.15, 0.2) is 30.3 Å². The summed E-state index contributed by atoms with van der Waals surface area (Å²) in [4.78, 5) is 14.6. The normalized spacial score (nSPS) is 29.0. The average molecular weight is 243 g/mol. The first-order valence-electron chi connectivity index (χ1n) is 7.15. The Morgan fingerprint density at radius 3 is 2.78 bits per heavy atom. The zero-order valence-electron chi connectivity index (χ0n) is 10.8. The van der Waals surface area contributed by atoms with E-state index in [1.165, 1.54) is 18.4 Å². The number of benzene rings is 1. The molecule has 0 unspecified atom stereocenters. The van der Waals surface area contributed by atoms with Crippen LogP contribution in [-0.2, 0) is 11.3 Å². The molecule has 1 heterocycles. The van der Waals surface area contributed by atoms with Crippen molar-refractivity contribution >= 4 is 5.78 Å². The summed E-state index contributed by atoms with van der Waals surface area (Å²) in [5, 5.41) is 0. The largest absolute Gasteiger partial charge is 0.299 e. The molecule has 1 aliphatic heterocycles. The van der Waals surface area contributed by atoms with Gasteiger partial charge in [-0.15, -0.1) is 0 Å². The third-order valence-electron chi connectivity index (χ3n) is 4.48. The summed E-state index contributed by atoms with van der Waals surface area (Å²) in [6.45, 7) is 2.10. The molecular weight excluding hydrogens is 222 g/mol. The average Bonchev–Trinajstić information content (AvgIpc) is 2.69. The Balaban J connectivity index is 1.72. The number of rotatable bonds is 2. The van der Waals surface area contributed by atoms with Gasteiger partial charge in [-0.1, -0.05) is 36.8 Å². The van der Waals surface area contributed by atoms with Gasteiger partial charge in [-0.05, 0) is 31.4 Å². The predicted octanol–water partition coefficient (Wildman–Crippen LogP) is 3.02. The predicted molar refractivity (Wildman–Crippen MR) is 72.2 cm³/mol. The van der Waals surface area contributed by atoms with Crippen molar-refractivity contribution < 1.29 is 4.79 Å². The van der Waals surface area contributed by atoms with E-state index in [2.05, 4.69) is 35.2 Å². The maximum Gasteiger partial charge on any atom is 0.137 e. The minimum Gasteiger partial charge on any atom is -0.299 e. The molecule has 1 aromatic rings. The lowest BCUT2D eigenvalue weighted by Gasteiger charge is -2.26. The molecule has 2 nitrogen and oxygen atoms in total.